The zero-order chi connectivity index (χ0) is 21.6. The van der Waals surface area contributed by atoms with Crippen LogP contribution in [0.1, 0.15) is 23.9 Å². The molecule has 11 nitrogen and oxygen atoms in total. The largest absolute Gasteiger partial charge is 0.459 e. The Balaban J connectivity index is 1.62. The first kappa shape index (κ1) is 21.7. The maximum atomic E-state index is 12.5. The summed E-state index contributed by atoms with van der Waals surface area (Å²) in [6, 6.07) is 0.898. The average molecular weight is 427 g/mol. The number of hydrogen-bond acceptors (Lipinski definition) is 10. The molecule has 2 aliphatic heterocycles. The highest BCUT2D eigenvalue weighted by Crippen LogP contribution is 2.42. The van der Waals surface area contributed by atoms with Gasteiger partial charge in [-0.3, -0.25) is 4.79 Å². The molecule has 0 radical (unpaired) electrons. The zero-order valence-electron chi connectivity index (χ0n) is 17.0. The summed E-state index contributed by atoms with van der Waals surface area (Å²) in [6.07, 6.45) is -3.86. The minimum absolute atomic E-state index is 0.0948. The highest BCUT2D eigenvalue weighted by Gasteiger charge is 2.63. The van der Waals surface area contributed by atoms with Crippen LogP contribution < -0.4 is 16.0 Å². The lowest BCUT2D eigenvalue weighted by Gasteiger charge is -2.57. The van der Waals surface area contributed by atoms with Crippen LogP contribution in [0, 0.1) is 0 Å². The Bertz CT molecular complexity index is 748. The molecular formula is C19H29N3O8. The van der Waals surface area contributed by atoms with E-state index in [2.05, 4.69) is 16.0 Å². The lowest BCUT2D eigenvalue weighted by molar-refractivity contribution is -0.448. The van der Waals surface area contributed by atoms with E-state index in [0.717, 1.165) is 0 Å². The second kappa shape index (κ2) is 8.17. The molecule has 3 aliphatic rings. The van der Waals surface area contributed by atoms with Crippen molar-refractivity contribution in [3.63, 3.8) is 0 Å². The van der Waals surface area contributed by atoms with Crippen LogP contribution in [-0.4, -0.2) is 96.0 Å². The van der Waals surface area contributed by atoms with Gasteiger partial charge in [0.05, 0.1) is 36.6 Å². The molecular weight excluding hydrogens is 398 g/mol. The molecule has 3 unspecified atom stereocenters. The number of aliphatic hydroxyl groups is 3. The SMILES string of the molecule is CN[C@@H]1[C@H](O)[C@H](NC)C2O[C@]3(O)C(OC2[C@H]1O)O[C@H](C)C[C@H]3NC(=O)c1ccco1. The monoisotopic (exact) mass is 427 g/mol. The fraction of sp³-hybridized carbons (Fsp3) is 0.737. The quantitative estimate of drug-likeness (QED) is 0.315. The summed E-state index contributed by atoms with van der Waals surface area (Å²) in [5.74, 6) is -2.45. The Kier molecular flexibility index (Phi) is 5.90. The maximum Gasteiger partial charge on any atom is 0.287 e. The fourth-order valence-corrected chi connectivity index (χ4v) is 4.65. The molecule has 2 saturated heterocycles. The van der Waals surface area contributed by atoms with Crippen LogP contribution in [0.25, 0.3) is 0 Å². The number of likely N-dealkylation sites (N-methyl/N-ethyl adjacent to an activating group) is 2. The van der Waals surface area contributed by atoms with Crippen LogP contribution in [0.4, 0.5) is 0 Å². The van der Waals surface area contributed by atoms with E-state index in [9.17, 15) is 20.1 Å². The summed E-state index contributed by atoms with van der Waals surface area (Å²) in [5.41, 5.74) is 0. The Morgan fingerprint density at radius 2 is 1.87 bits per heavy atom. The first-order chi connectivity index (χ1) is 14.3. The normalized spacial score (nSPS) is 46.0. The van der Waals surface area contributed by atoms with E-state index >= 15 is 0 Å². The summed E-state index contributed by atoms with van der Waals surface area (Å²) in [7, 11) is 3.27. The third kappa shape index (κ3) is 3.45. The van der Waals surface area contributed by atoms with Gasteiger partial charge in [-0.2, -0.15) is 0 Å². The minimum Gasteiger partial charge on any atom is -0.459 e. The Hall–Kier alpha value is -1.57. The van der Waals surface area contributed by atoms with Crippen LogP contribution >= 0.6 is 0 Å². The standard InChI is InChI=1S/C19H29N3O8/c1-8-7-10(22-17(25)9-5-4-6-27-9)19(26)18(28-8)29-16-14(24)11(20-2)13(23)12(21-3)15(16)30-19/h4-6,8,10-16,18,20-21,23-24,26H,7H2,1-3H3,(H,22,25)/t8-,10-,11-,12+,13+,14+,15?,16?,18?,19+/m1/s1. The molecule has 6 N–H and O–H groups in total. The first-order valence-electron chi connectivity index (χ1n) is 10.1. The van der Waals surface area contributed by atoms with Gasteiger partial charge < -0.3 is 49.9 Å². The van der Waals surface area contributed by atoms with Crippen LogP contribution in [0.3, 0.4) is 0 Å². The number of carbonyl (C=O) groups is 1. The van der Waals surface area contributed by atoms with Gasteiger partial charge in [-0.25, -0.2) is 0 Å². The lowest BCUT2D eigenvalue weighted by atomic mass is 9.79. The van der Waals surface area contributed by atoms with Gasteiger partial charge in [-0.15, -0.1) is 0 Å². The van der Waals surface area contributed by atoms with Crippen molar-refractivity contribution in [3.05, 3.63) is 24.2 Å². The third-order valence-corrected chi connectivity index (χ3v) is 6.20. The maximum absolute atomic E-state index is 12.5. The van der Waals surface area contributed by atoms with Crippen molar-refractivity contribution in [2.75, 3.05) is 14.1 Å². The first-order valence-corrected chi connectivity index (χ1v) is 10.1. The average Bonchev–Trinajstić information content (AvgIpc) is 3.24. The molecule has 1 aliphatic carbocycles. The molecule has 3 fully saturated rings. The number of carbonyl (C=O) groups excluding carboxylic acids is 1. The molecule has 0 bridgehead atoms. The van der Waals surface area contributed by atoms with Crippen molar-refractivity contribution < 1.29 is 38.7 Å². The van der Waals surface area contributed by atoms with Crippen molar-refractivity contribution in [3.8, 4) is 0 Å². The highest BCUT2D eigenvalue weighted by atomic mass is 16.8. The Morgan fingerprint density at radius 1 is 1.13 bits per heavy atom. The van der Waals surface area contributed by atoms with E-state index in [4.69, 9.17) is 18.6 Å². The molecule has 3 heterocycles. The van der Waals surface area contributed by atoms with Gasteiger partial charge in [-0.1, -0.05) is 0 Å². The molecule has 11 heteroatoms. The molecule has 0 spiro atoms. The van der Waals surface area contributed by atoms with Crippen molar-refractivity contribution in [1.82, 2.24) is 16.0 Å². The molecule has 10 atom stereocenters. The molecule has 1 aromatic heterocycles. The van der Waals surface area contributed by atoms with E-state index < -0.39 is 60.5 Å². The number of amides is 1. The number of ether oxygens (including phenoxy) is 3. The fourth-order valence-electron chi connectivity index (χ4n) is 4.65. The lowest BCUT2D eigenvalue weighted by Crippen LogP contribution is -2.79. The predicted octanol–water partition coefficient (Wildman–Crippen LogP) is -2.10. The van der Waals surface area contributed by atoms with Crippen LogP contribution in [-0.2, 0) is 14.2 Å². The molecule has 1 saturated carbocycles. The van der Waals surface area contributed by atoms with Crippen molar-refractivity contribution in [2.24, 2.45) is 0 Å². The van der Waals surface area contributed by atoms with Gasteiger partial charge in [0, 0.05) is 0 Å². The van der Waals surface area contributed by atoms with Crippen molar-refractivity contribution >= 4 is 5.91 Å². The highest BCUT2D eigenvalue weighted by molar-refractivity contribution is 5.91. The molecule has 30 heavy (non-hydrogen) atoms. The third-order valence-electron chi connectivity index (χ3n) is 6.20. The second-order valence-electron chi connectivity index (χ2n) is 8.06. The van der Waals surface area contributed by atoms with E-state index in [1.165, 1.54) is 12.3 Å². The van der Waals surface area contributed by atoms with Crippen LogP contribution in [0.2, 0.25) is 0 Å². The summed E-state index contributed by atoms with van der Waals surface area (Å²) in [6.45, 7) is 1.79. The van der Waals surface area contributed by atoms with E-state index in [0.29, 0.717) is 0 Å². The summed E-state index contributed by atoms with van der Waals surface area (Å²) >= 11 is 0. The van der Waals surface area contributed by atoms with E-state index in [1.807, 2.05) is 0 Å². The predicted molar refractivity (Wildman–Crippen MR) is 101 cm³/mol. The smallest absolute Gasteiger partial charge is 0.287 e. The van der Waals surface area contributed by atoms with Gasteiger partial charge >= 0.3 is 0 Å². The number of rotatable bonds is 4. The second-order valence-corrected chi connectivity index (χ2v) is 8.06. The van der Waals surface area contributed by atoms with Gasteiger partial charge in [0.25, 0.3) is 5.91 Å². The Morgan fingerprint density at radius 3 is 2.50 bits per heavy atom. The van der Waals surface area contributed by atoms with Gasteiger partial charge in [0.15, 0.2) is 5.76 Å². The topological polar surface area (TPSA) is 155 Å². The summed E-state index contributed by atoms with van der Waals surface area (Å²) in [4.78, 5) is 12.5. The summed E-state index contributed by atoms with van der Waals surface area (Å²) in [5, 5.41) is 41.5. The van der Waals surface area contributed by atoms with Crippen LogP contribution in [0.5, 0.6) is 0 Å². The number of furan rings is 1. The van der Waals surface area contributed by atoms with Crippen molar-refractivity contribution in [2.45, 2.75) is 74.1 Å². The van der Waals surface area contributed by atoms with Gasteiger partial charge in [0.2, 0.25) is 12.1 Å². The molecule has 168 valence electrons. The summed E-state index contributed by atoms with van der Waals surface area (Å²) < 4.78 is 22.9. The molecule has 1 amide bonds. The number of fused-ring (bicyclic) bond motifs is 2. The Labute approximate surface area is 173 Å². The van der Waals surface area contributed by atoms with Crippen LogP contribution in [0.15, 0.2) is 22.8 Å². The molecule has 0 aromatic carbocycles. The zero-order valence-corrected chi connectivity index (χ0v) is 17.0. The minimum atomic E-state index is -2.03. The van der Waals surface area contributed by atoms with Gasteiger partial charge in [-0.05, 0) is 39.6 Å². The van der Waals surface area contributed by atoms with Crippen molar-refractivity contribution in [1.29, 1.82) is 0 Å². The molecule has 4 rings (SSSR count). The van der Waals surface area contributed by atoms with E-state index in [1.54, 1.807) is 27.1 Å². The van der Waals surface area contributed by atoms with E-state index in [-0.39, 0.29) is 18.3 Å². The number of aliphatic hydroxyl groups excluding tert-OH is 2. The number of nitrogens with one attached hydrogen (secondary N) is 3. The molecule has 1 aromatic rings. The number of hydrogen-bond donors (Lipinski definition) is 6. The van der Waals surface area contributed by atoms with Gasteiger partial charge in [0.1, 0.15) is 18.3 Å².